The van der Waals surface area contributed by atoms with E-state index in [0.717, 1.165) is 31.7 Å². The molecule has 0 saturated carbocycles. The van der Waals surface area contributed by atoms with Gasteiger partial charge in [-0.15, -0.1) is 0 Å². The summed E-state index contributed by atoms with van der Waals surface area (Å²) in [6.07, 6.45) is 1.54. The Labute approximate surface area is 207 Å². The number of aromatic nitrogens is 2. The Hall–Kier alpha value is -2.14. The summed E-state index contributed by atoms with van der Waals surface area (Å²) in [5, 5.41) is 0.835. The van der Waals surface area contributed by atoms with Crippen LogP contribution in [0.5, 0.6) is 0 Å². The minimum atomic E-state index is -0.451. The average molecular weight is 508 g/mol. The van der Waals surface area contributed by atoms with Gasteiger partial charge < -0.3 is 24.2 Å². The van der Waals surface area contributed by atoms with Crippen molar-refractivity contribution in [3.05, 3.63) is 41.3 Å². The lowest BCUT2D eigenvalue weighted by Crippen LogP contribution is -2.49. The Morgan fingerprint density at radius 2 is 1.74 bits per heavy atom. The third-order valence-electron chi connectivity index (χ3n) is 6.47. The smallest absolute Gasteiger partial charge is 0.233 e. The Kier molecular flexibility index (Phi) is 7.10. The van der Waals surface area contributed by atoms with Crippen LogP contribution in [-0.4, -0.2) is 84.8 Å². The number of nitrogens with zero attached hydrogens (tertiary/aromatic N) is 5. The summed E-state index contributed by atoms with van der Waals surface area (Å²) in [7, 11) is 0. The maximum atomic E-state index is 14.0. The van der Waals surface area contributed by atoms with Gasteiger partial charge in [0.25, 0.3) is 0 Å². The number of carbonyl (C=O) groups excluding carboxylic acids is 1. The fraction of sp³-hybridized carbons (Fsp3) is 0.522. The van der Waals surface area contributed by atoms with Gasteiger partial charge in [-0.25, -0.2) is 14.4 Å². The van der Waals surface area contributed by atoms with Crippen molar-refractivity contribution < 1.29 is 18.7 Å². The zero-order valence-corrected chi connectivity index (χ0v) is 20.4. The number of hydrogen-bond acceptors (Lipinski definition) is 8. The molecule has 3 saturated heterocycles. The summed E-state index contributed by atoms with van der Waals surface area (Å²) < 4.78 is 25.6. The van der Waals surface area contributed by atoms with Gasteiger partial charge in [-0.05, 0) is 12.1 Å². The average Bonchev–Trinajstić information content (AvgIpc) is 3.31. The summed E-state index contributed by atoms with van der Waals surface area (Å²) in [5.41, 5.74) is 0.582. The number of thioether (sulfide) groups is 1. The van der Waals surface area contributed by atoms with Crippen molar-refractivity contribution in [3.8, 4) is 0 Å². The first-order valence-electron chi connectivity index (χ1n) is 11.5. The lowest BCUT2D eigenvalue weighted by molar-refractivity contribution is -0.169. The number of hydrogen-bond donors (Lipinski definition) is 0. The topological polar surface area (TPSA) is 71.0 Å². The fourth-order valence-electron chi connectivity index (χ4n) is 4.60. The summed E-state index contributed by atoms with van der Waals surface area (Å²) in [6, 6.07) is 8.49. The van der Waals surface area contributed by atoms with Gasteiger partial charge in [-0.2, -0.15) is 0 Å². The maximum Gasteiger partial charge on any atom is 0.233 e. The molecule has 5 rings (SSSR count). The summed E-state index contributed by atoms with van der Waals surface area (Å²) >= 11 is 7.55. The molecule has 8 nitrogen and oxygen atoms in total. The van der Waals surface area contributed by atoms with Gasteiger partial charge in [-0.1, -0.05) is 35.5 Å². The number of piperidine rings is 1. The van der Waals surface area contributed by atoms with Crippen molar-refractivity contribution in [1.82, 2.24) is 14.9 Å². The van der Waals surface area contributed by atoms with Gasteiger partial charge in [-0.3, -0.25) is 4.79 Å². The van der Waals surface area contributed by atoms with Crippen LogP contribution < -0.4 is 9.80 Å². The molecule has 4 heterocycles. The van der Waals surface area contributed by atoms with Gasteiger partial charge in [0.15, 0.2) is 10.9 Å². The third kappa shape index (κ3) is 5.25. The molecule has 3 fully saturated rings. The largest absolute Gasteiger partial charge is 0.366 e. The van der Waals surface area contributed by atoms with Crippen LogP contribution >= 0.6 is 23.4 Å². The van der Waals surface area contributed by atoms with E-state index in [-0.39, 0.29) is 17.5 Å². The van der Waals surface area contributed by atoms with Gasteiger partial charge in [0.1, 0.15) is 16.8 Å². The summed E-state index contributed by atoms with van der Waals surface area (Å²) in [5.74, 6) is 0.303. The maximum absolute atomic E-state index is 14.0. The number of benzene rings is 1. The highest BCUT2D eigenvalue weighted by Crippen LogP contribution is 2.33. The van der Waals surface area contributed by atoms with E-state index >= 15 is 0 Å². The molecule has 1 spiro atoms. The molecule has 1 amide bonds. The molecule has 2 aromatic rings. The number of piperazine rings is 1. The molecular weight excluding hydrogens is 481 g/mol. The van der Waals surface area contributed by atoms with Crippen LogP contribution in [0.15, 0.2) is 35.5 Å². The highest BCUT2D eigenvalue weighted by molar-refractivity contribution is 7.99. The third-order valence-corrected chi connectivity index (χ3v) is 7.50. The molecule has 34 heavy (non-hydrogen) atoms. The number of halogens is 2. The van der Waals surface area contributed by atoms with Crippen LogP contribution in [-0.2, 0) is 14.3 Å². The fourth-order valence-corrected chi connectivity index (χ4v) is 5.58. The molecule has 0 aliphatic carbocycles. The first kappa shape index (κ1) is 23.6. The van der Waals surface area contributed by atoms with Gasteiger partial charge >= 0.3 is 0 Å². The second kappa shape index (κ2) is 10.2. The molecule has 0 N–H and O–H groups in total. The van der Waals surface area contributed by atoms with Crippen LogP contribution in [0.1, 0.15) is 12.8 Å². The number of ether oxygens (including phenoxy) is 2. The van der Waals surface area contributed by atoms with Crippen LogP contribution in [0, 0.1) is 5.82 Å². The monoisotopic (exact) mass is 507 g/mol. The molecule has 1 aromatic heterocycles. The molecule has 0 unspecified atom stereocenters. The van der Waals surface area contributed by atoms with Crippen LogP contribution in [0.25, 0.3) is 0 Å². The van der Waals surface area contributed by atoms with Gasteiger partial charge in [0, 0.05) is 58.2 Å². The second-order valence-corrected chi connectivity index (χ2v) is 9.86. The molecular formula is C23H27ClFN5O3S. The lowest BCUT2D eigenvalue weighted by Gasteiger charge is -2.38. The predicted molar refractivity (Wildman–Crippen MR) is 129 cm³/mol. The van der Waals surface area contributed by atoms with E-state index in [4.69, 9.17) is 21.1 Å². The van der Waals surface area contributed by atoms with E-state index in [1.54, 1.807) is 18.2 Å². The zero-order valence-electron chi connectivity index (χ0n) is 18.8. The Morgan fingerprint density at radius 3 is 2.44 bits per heavy atom. The van der Waals surface area contributed by atoms with Gasteiger partial charge in [0.05, 0.1) is 24.7 Å². The van der Waals surface area contributed by atoms with E-state index in [0.29, 0.717) is 55.4 Å². The van der Waals surface area contributed by atoms with E-state index in [2.05, 4.69) is 14.9 Å². The van der Waals surface area contributed by atoms with Crippen molar-refractivity contribution in [2.75, 3.05) is 68.0 Å². The molecule has 0 atom stereocenters. The molecule has 0 radical (unpaired) electrons. The molecule has 182 valence electrons. The molecule has 11 heteroatoms. The Balaban J connectivity index is 1.14. The normalized spacial score (nSPS) is 20.2. The van der Waals surface area contributed by atoms with Crippen molar-refractivity contribution in [3.63, 3.8) is 0 Å². The molecule has 3 aliphatic rings. The lowest BCUT2D eigenvalue weighted by atomic mass is 10.0. The van der Waals surface area contributed by atoms with Crippen LogP contribution in [0.4, 0.5) is 15.9 Å². The zero-order chi connectivity index (χ0) is 23.5. The van der Waals surface area contributed by atoms with E-state index < -0.39 is 5.79 Å². The standard InChI is InChI=1S/C23H27ClFN5O3S/c24-19-15-20(29-7-5-23(6-8-29)32-13-14-33-23)27-22(26-19)34-16-21(31)30-11-9-28(10-12-30)18-4-2-1-3-17(18)25/h1-4,15H,5-14,16H2. The van der Waals surface area contributed by atoms with Crippen molar-refractivity contribution >= 4 is 40.8 Å². The van der Waals surface area contributed by atoms with E-state index in [1.807, 2.05) is 15.9 Å². The number of rotatable bonds is 5. The van der Waals surface area contributed by atoms with E-state index in [9.17, 15) is 9.18 Å². The van der Waals surface area contributed by atoms with Crippen molar-refractivity contribution in [1.29, 1.82) is 0 Å². The highest BCUT2D eigenvalue weighted by atomic mass is 35.5. The first-order valence-corrected chi connectivity index (χ1v) is 12.9. The van der Waals surface area contributed by atoms with Crippen LogP contribution in [0.3, 0.4) is 0 Å². The predicted octanol–water partition coefficient (Wildman–Crippen LogP) is 3.05. The number of carbonyl (C=O) groups is 1. The Bertz CT molecular complexity index is 1020. The highest BCUT2D eigenvalue weighted by Gasteiger charge is 2.40. The van der Waals surface area contributed by atoms with E-state index in [1.165, 1.54) is 17.8 Å². The number of anilines is 2. The summed E-state index contributed by atoms with van der Waals surface area (Å²) in [4.78, 5) is 27.7. The quantitative estimate of drug-likeness (QED) is 0.347. The number of amides is 1. The van der Waals surface area contributed by atoms with Gasteiger partial charge in [0.2, 0.25) is 5.91 Å². The molecule has 0 bridgehead atoms. The molecule has 1 aromatic carbocycles. The summed E-state index contributed by atoms with van der Waals surface area (Å²) in [6.45, 7) is 5.09. The van der Waals surface area contributed by atoms with Crippen LogP contribution in [0.2, 0.25) is 5.15 Å². The minimum absolute atomic E-state index is 0.0127. The first-order chi connectivity index (χ1) is 16.5. The minimum Gasteiger partial charge on any atom is -0.366 e. The number of para-hydroxylation sites is 1. The SMILES string of the molecule is O=C(CSc1nc(Cl)cc(N2CCC3(CC2)OCCO3)n1)N1CCN(c2ccccc2F)CC1. The second-order valence-electron chi connectivity index (χ2n) is 8.53. The van der Waals surface area contributed by atoms with Crippen molar-refractivity contribution in [2.45, 2.75) is 23.8 Å². The Morgan fingerprint density at radius 1 is 1.03 bits per heavy atom. The van der Waals surface area contributed by atoms with Crippen molar-refractivity contribution in [2.24, 2.45) is 0 Å². The molecule has 3 aliphatic heterocycles.